The molecular weight excluding hydrogens is 283 g/mol. The topological polar surface area (TPSA) is 44.4 Å². The van der Waals surface area contributed by atoms with Gasteiger partial charge in [-0.1, -0.05) is 6.07 Å². The van der Waals surface area contributed by atoms with Gasteiger partial charge in [-0.2, -0.15) is 13.2 Å². The van der Waals surface area contributed by atoms with Crippen LogP contribution < -0.4 is 15.5 Å². The first-order valence-corrected chi connectivity index (χ1v) is 6.84. The van der Waals surface area contributed by atoms with E-state index in [1.54, 1.807) is 25.2 Å². The molecule has 2 N–H and O–H groups in total. The van der Waals surface area contributed by atoms with Crippen LogP contribution in [0.1, 0.15) is 24.4 Å². The molecule has 0 bridgehead atoms. The number of hydrogen-bond donors (Lipinski definition) is 2. The van der Waals surface area contributed by atoms with Crippen molar-refractivity contribution in [1.82, 2.24) is 5.32 Å². The second-order valence-electron chi connectivity index (χ2n) is 5.46. The van der Waals surface area contributed by atoms with Gasteiger partial charge >= 0.3 is 6.18 Å². The molecule has 0 radical (unpaired) electrons. The predicted molar refractivity (Wildman–Crippen MR) is 73.3 cm³/mol. The molecule has 1 fully saturated rings. The number of hydrogen-bond acceptors (Lipinski definition) is 3. The van der Waals surface area contributed by atoms with Gasteiger partial charge in [0.2, 0.25) is 5.91 Å². The molecule has 2 aliphatic rings. The van der Waals surface area contributed by atoms with Crippen LogP contribution in [0.2, 0.25) is 0 Å². The van der Waals surface area contributed by atoms with Crippen molar-refractivity contribution in [3.8, 4) is 0 Å². The van der Waals surface area contributed by atoms with Crippen LogP contribution in [0.25, 0.3) is 0 Å². The zero-order valence-corrected chi connectivity index (χ0v) is 11.5. The van der Waals surface area contributed by atoms with Crippen molar-refractivity contribution < 1.29 is 18.0 Å². The second-order valence-corrected chi connectivity index (χ2v) is 5.46. The lowest BCUT2D eigenvalue weighted by Gasteiger charge is -2.26. The fourth-order valence-electron chi connectivity index (χ4n) is 2.73. The van der Waals surface area contributed by atoms with Gasteiger partial charge in [-0.15, -0.1) is 0 Å². The molecule has 0 aromatic heterocycles. The molecule has 7 heteroatoms. The highest BCUT2D eigenvalue weighted by Crippen LogP contribution is 2.38. The highest BCUT2D eigenvalue weighted by atomic mass is 19.4. The highest BCUT2D eigenvalue weighted by molar-refractivity contribution is 6.03. The first-order valence-electron chi connectivity index (χ1n) is 6.84. The minimum atomic E-state index is -4.24. The Balaban J connectivity index is 1.89. The maximum atomic E-state index is 12.7. The van der Waals surface area contributed by atoms with Crippen LogP contribution >= 0.6 is 0 Å². The summed E-state index contributed by atoms with van der Waals surface area (Å²) in [4.78, 5) is 13.1. The molecule has 1 aromatic carbocycles. The number of carbonyl (C=O) groups is 1. The molecule has 1 aliphatic heterocycles. The Kier molecular flexibility index (Phi) is 3.32. The lowest BCUT2D eigenvalue weighted by atomic mass is 10.1. The summed E-state index contributed by atoms with van der Waals surface area (Å²) in [5.74, 6) is -0.182. The number of halogens is 3. The summed E-state index contributed by atoms with van der Waals surface area (Å²) in [6, 6.07) is 4.52. The summed E-state index contributed by atoms with van der Waals surface area (Å²) in [6.45, 7) is -0.958. The number of nitrogens with zero attached hydrogens (tertiary/aromatic N) is 1. The number of fused-ring (bicyclic) bond motifs is 1. The zero-order valence-electron chi connectivity index (χ0n) is 11.5. The van der Waals surface area contributed by atoms with Gasteiger partial charge < -0.3 is 15.5 Å². The monoisotopic (exact) mass is 299 g/mol. The molecule has 1 unspecified atom stereocenters. The normalized spacial score (nSPS) is 21.1. The van der Waals surface area contributed by atoms with Gasteiger partial charge in [-0.25, -0.2) is 0 Å². The number of likely N-dealkylation sites (N-methyl/N-ethyl adjacent to an activating group) is 1. The lowest BCUT2D eigenvalue weighted by Crippen LogP contribution is -2.36. The Labute approximate surface area is 120 Å². The van der Waals surface area contributed by atoms with Gasteiger partial charge in [-0.3, -0.25) is 4.79 Å². The highest BCUT2D eigenvalue weighted by Gasteiger charge is 2.39. The van der Waals surface area contributed by atoms with Crippen molar-refractivity contribution in [2.45, 2.75) is 31.1 Å². The Hall–Kier alpha value is -1.76. The predicted octanol–water partition coefficient (Wildman–Crippen LogP) is 2.43. The Morgan fingerprint density at radius 2 is 2.10 bits per heavy atom. The number of amides is 1. The molecule has 0 spiro atoms. The van der Waals surface area contributed by atoms with Gasteiger partial charge in [-0.05, 0) is 32.0 Å². The van der Waals surface area contributed by atoms with E-state index in [9.17, 15) is 18.0 Å². The minimum Gasteiger partial charge on any atom is -0.359 e. The van der Waals surface area contributed by atoms with Crippen LogP contribution in [0, 0.1) is 0 Å². The van der Waals surface area contributed by atoms with Crippen molar-refractivity contribution in [3.63, 3.8) is 0 Å². The lowest BCUT2D eigenvalue weighted by molar-refractivity contribution is -0.120. The third-order valence-electron chi connectivity index (χ3n) is 3.83. The molecule has 1 saturated carbocycles. The molecule has 1 amide bonds. The number of rotatable bonds is 4. The maximum absolute atomic E-state index is 12.7. The molecular formula is C14H16F3N3O. The molecule has 1 aliphatic carbocycles. The van der Waals surface area contributed by atoms with Gasteiger partial charge in [0.15, 0.2) is 0 Å². The van der Waals surface area contributed by atoms with Crippen molar-refractivity contribution in [3.05, 3.63) is 23.8 Å². The van der Waals surface area contributed by atoms with E-state index in [1.807, 2.05) is 0 Å². The second kappa shape index (κ2) is 4.91. The van der Waals surface area contributed by atoms with Gasteiger partial charge in [0.1, 0.15) is 12.6 Å². The Morgan fingerprint density at radius 1 is 1.38 bits per heavy atom. The summed E-state index contributed by atoms with van der Waals surface area (Å²) in [7, 11) is 1.67. The molecule has 1 aromatic rings. The average molecular weight is 299 g/mol. The largest absolute Gasteiger partial charge is 0.405 e. The van der Waals surface area contributed by atoms with Crippen molar-refractivity contribution in [2.24, 2.45) is 0 Å². The van der Waals surface area contributed by atoms with Crippen molar-refractivity contribution >= 4 is 17.3 Å². The zero-order chi connectivity index (χ0) is 15.2. The van der Waals surface area contributed by atoms with E-state index in [1.165, 1.54) is 4.90 Å². The first kappa shape index (κ1) is 14.2. The summed E-state index contributed by atoms with van der Waals surface area (Å²) in [5, 5.41) is 5.59. The number of benzene rings is 1. The van der Waals surface area contributed by atoms with E-state index in [2.05, 4.69) is 10.6 Å². The van der Waals surface area contributed by atoms with E-state index >= 15 is 0 Å². The first-order chi connectivity index (χ1) is 9.89. The standard InChI is InChI=1S/C14H16F3N3O/c1-18-12-10-5-4-9(6-11(10)19-13(12)21)20(8-2-3-8)7-14(15,16)17/h4-6,8,12,18H,2-3,7H2,1H3,(H,19,21). The third kappa shape index (κ3) is 2.83. The molecule has 114 valence electrons. The number of nitrogens with one attached hydrogen (secondary N) is 2. The summed E-state index contributed by atoms with van der Waals surface area (Å²) < 4.78 is 38.1. The SMILES string of the molecule is CNC1C(=O)Nc2cc(N(CC(F)(F)F)C3CC3)ccc21. The smallest absolute Gasteiger partial charge is 0.359 e. The van der Waals surface area contributed by atoms with Gasteiger partial charge in [0.25, 0.3) is 0 Å². The minimum absolute atomic E-state index is 0.0538. The van der Waals surface area contributed by atoms with Crippen molar-refractivity contribution in [2.75, 3.05) is 23.8 Å². The molecule has 4 nitrogen and oxygen atoms in total. The van der Waals surface area contributed by atoms with Gasteiger partial charge in [0.05, 0.1) is 0 Å². The summed E-state index contributed by atoms with van der Waals surface area (Å²) >= 11 is 0. The molecule has 1 heterocycles. The van der Waals surface area contributed by atoms with Crippen LogP contribution in [0.15, 0.2) is 18.2 Å². The maximum Gasteiger partial charge on any atom is 0.405 e. The summed E-state index contributed by atoms with van der Waals surface area (Å²) in [6.07, 6.45) is -2.68. The number of alkyl halides is 3. The van der Waals surface area contributed by atoms with Crippen LogP contribution in [-0.2, 0) is 4.79 Å². The van der Waals surface area contributed by atoms with Crippen LogP contribution in [0.3, 0.4) is 0 Å². The number of carbonyl (C=O) groups excluding carboxylic acids is 1. The van der Waals surface area contributed by atoms with Crippen molar-refractivity contribution in [1.29, 1.82) is 0 Å². The fraction of sp³-hybridized carbons (Fsp3) is 0.500. The van der Waals surface area contributed by atoms with Crippen LogP contribution in [0.5, 0.6) is 0 Å². The Bertz CT molecular complexity index is 569. The van der Waals surface area contributed by atoms with Crippen LogP contribution in [0.4, 0.5) is 24.5 Å². The summed E-state index contributed by atoms with van der Waals surface area (Å²) in [5.41, 5.74) is 1.87. The quantitative estimate of drug-likeness (QED) is 0.897. The fourth-order valence-corrected chi connectivity index (χ4v) is 2.73. The molecule has 3 rings (SSSR count). The average Bonchev–Trinajstić information content (AvgIpc) is 3.17. The third-order valence-corrected chi connectivity index (χ3v) is 3.83. The van der Waals surface area contributed by atoms with E-state index < -0.39 is 18.8 Å². The van der Waals surface area contributed by atoms with Crippen LogP contribution in [-0.4, -0.2) is 31.7 Å². The number of anilines is 2. The van der Waals surface area contributed by atoms with Gasteiger partial charge in [0, 0.05) is 23.0 Å². The van der Waals surface area contributed by atoms with E-state index in [-0.39, 0.29) is 11.9 Å². The van der Waals surface area contributed by atoms with E-state index in [4.69, 9.17) is 0 Å². The molecule has 0 saturated heterocycles. The van der Waals surface area contributed by atoms with E-state index in [0.717, 1.165) is 18.4 Å². The molecule has 21 heavy (non-hydrogen) atoms. The Morgan fingerprint density at radius 3 is 2.67 bits per heavy atom. The van der Waals surface area contributed by atoms with E-state index in [0.29, 0.717) is 11.4 Å². The molecule has 1 atom stereocenters.